The maximum Gasteiger partial charge on any atom is 0.332 e. The molecule has 0 saturated carbocycles. The Morgan fingerprint density at radius 2 is 1.95 bits per heavy atom. The fraction of sp³-hybridized carbons (Fsp3) is 0.571. The minimum atomic E-state index is -0.358. The van der Waals surface area contributed by atoms with Gasteiger partial charge in [-0.1, -0.05) is 6.58 Å². The Labute approximate surface area is 123 Å². The van der Waals surface area contributed by atoms with Crippen LogP contribution in [0.3, 0.4) is 0 Å². The summed E-state index contributed by atoms with van der Waals surface area (Å²) in [4.78, 5) is 26.4. The number of hydrogen-bond donors (Lipinski definition) is 2. The number of unbranched alkanes of at least 4 members (excludes halogenated alkanes) is 1. The van der Waals surface area contributed by atoms with Crippen LogP contribution in [0, 0.1) is 0 Å². The van der Waals surface area contributed by atoms with Crippen molar-refractivity contribution in [1.29, 1.82) is 0 Å². The summed E-state index contributed by atoms with van der Waals surface area (Å²) in [6.07, 6.45) is 1.75. The van der Waals surface area contributed by atoms with Crippen molar-refractivity contribution in [2.75, 3.05) is 17.3 Å². The van der Waals surface area contributed by atoms with Crippen molar-refractivity contribution < 1.29 is 5.11 Å². The van der Waals surface area contributed by atoms with Crippen LogP contribution in [-0.4, -0.2) is 27.4 Å². The molecule has 0 radical (unpaired) electrons. The molecule has 0 bridgehead atoms. The number of aromatic nitrogens is 2. The SMILES string of the molecule is C=C1Nc2c(c(=O)n(CCCC[C@@H](C)O)c(=O)n2C)N1C. The summed E-state index contributed by atoms with van der Waals surface area (Å²) >= 11 is 0. The first-order chi connectivity index (χ1) is 9.84. The van der Waals surface area contributed by atoms with E-state index in [-0.39, 0.29) is 17.4 Å². The molecule has 0 aromatic carbocycles. The Bertz CT molecular complexity index is 672. The van der Waals surface area contributed by atoms with Crippen LogP contribution in [0.15, 0.2) is 22.0 Å². The zero-order valence-electron chi connectivity index (χ0n) is 12.7. The van der Waals surface area contributed by atoms with Crippen molar-refractivity contribution in [3.63, 3.8) is 0 Å². The van der Waals surface area contributed by atoms with E-state index in [1.165, 1.54) is 9.13 Å². The topological polar surface area (TPSA) is 79.5 Å². The summed E-state index contributed by atoms with van der Waals surface area (Å²) in [6.45, 7) is 5.89. The van der Waals surface area contributed by atoms with Crippen molar-refractivity contribution in [3.05, 3.63) is 33.2 Å². The third-order valence-electron chi connectivity index (χ3n) is 3.78. The lowest BCUT2D eigenvalue weighted by Crippen LogP contribution is -2.40. The smallest absolute Gasteiger partial charge is 0.332 e. The van der Waals surface area contributed by atoms with Gasteiger partial charge >= 0.3 is 5.69 Å². The maximum absolute atomic E-state index is 12.5. The van der Waals surface area contributed by atoms with Crippen molar-refractivity contribution in [2.45, 2.75) is 38.8 Å². The Morgan fingerprint density at radius 3 is 2.57 bits per heavy atom. The van der Waals surface area contributed by atoms with Gasteiger partial charge in [-0.3, -0.25) is 13.9 Å². The van der Waals surface area contributed by atoms with Gasteiger partial charge in [-0.15, -0.1) is 0 Å². The molecule has 1 aromatic heterocycles. The van der Waals surface area contributed by atoms with E-state index in [1.54, 1.807) is 25.9 Å². The van der Waals surface area contributed by atoms with E-state index in [9.17, 15) is 14.7 Å². The summed E-state index contributed by atoms with van der Waals surface area (Å²) in [5.41, 5.74) is -0.206. The van der Waals surface area contributed by atoms with E-state index >= 15 is 0 Å². The summed E-state index contributed by atoms with van der Waals surface area (Å²) in [6, 6.07) is 0. The predicted octanol–water partition coefficient (Wildman–Crippen LogP) is 0.431. The first kappa shape index (κ1) is 15.4. The van der Waals surface area contributed by atoms with Gasteiger partial charge in [0.25, 0.3) is 5.56 Å². The largest absolute Gasteiger partial charge is 0.393 e. The van der Waals surface area contributed by atoms with Crippen LogP contribution >= 0.6 is 0 Å². The van der Waals surface area contributed by atoms with Crippen LogP contribution in [-0.2, 0) is 13.6 Å². The second-order valence-electron chi connectivity index (χ2n) is 5.47. The number of nitrogens with zero attached hydrogens (tertiary/aromatic N) is 3. The average Bonchev–Trinajstić information content (AvgIpc) is 2.71. The summed E-state index contributed by atoms with van der Waals surface area (Å²) in [5, 5.41) is 12.2. The van der Waals surface area contributed by atoms with Gasteiger partial charge in [0.1, 0.15) is 11.6 Å². The Kier molecular flexibility index (Phi) is 4.22. The number of aliphatic hydroxyl groups is 1. The van der Waals surface area contributed by atoms with Crippen LogP contribution < -0.4 is 21.5 Å². The molecule has 2 rings (SSSR count). The molecule has 7 heteroatoms. The summed E-state index contributed by atoms with van der Waals surface area (Å²) < 4.78 is 2.68. The molecule has 2 heterocycles. The number of hydrogen-bond acceptors (Lipinski definition) is 5. The Morgan fingerprint density at radius 1 is 1.29 bits per heavy atom. The molecule has 7 nitrogen and oxygen atoms in total. The molecular weight excluding hydrogens is 272 g/mol. The molecule has 21 heavy (non-hydrogen) atoms. The highest BCUT2D eigenvalue weighted by Gasteiger charge is 2.27. The molecule has 1 aromatic rings. The molecule has 0 fully saturated rings. The fourth-order valence-electron chi connectivity index (χ4n) is 2.46. The molecule has 0 unspecified atom stereocenters. The standard InChI is InChI=1S/C14H22N4O3/c1-9(19)7-5-6-8-18-13(20)11-12(17(4)14(18)21)15-10(2)16(11)3/h9,15,19H,2,5-8H2,1,3-4H3/t9-/m1/s1. The van der Waals surface area contributed by atoms with E-state index in [1.807, 2.05) is 0 Å². The van der Waals surface area contributed by atoms with Gasteiger partial charge in [-0.25, -0.2) is 4.79 Å². The third kappa shape index (κ3) is 2.73. The monoisotopic (exact) mass is 294 g/mol. The highest BCUT2D eigenvalue weighted by atomic mass is 16.3. The molecule has 116 valence electrons. The minimum absolute atomic E-state index is 0.307. The molecule has 1 atom stereocenters. The highest BCUT2D eigenvalue weighted by Crippen LogP contribution is 2.29. The van der Waals surface area contributed by atoms with E-state index in [2.05, 4.69) is 11.9 Å². The van der Waals surface area contributed by atoms with Gasteiger partial charge in [0.05, 0.1) is 6.10 Å². The Balaban J connectivity index is 2.32. The minimum Gasteiger partial charge on any atom is -0.393 e. The molecule has 0 saturated heterocycles. The first-order valence-electron chi connectivity index (χ1n) is 7.06. The molecule has 0 spiro atoms. The summed E-state index contributed by atoms with van der Waals surface area (Å²) in [7, 11) is 3.37. The average molecular weight is 294 g/mol. The fourth-order valence-corrected chi connectivity index (χ4v) is 2.46. The second-order valence-corrected chi connectivity index (χ2v) is 5.47. The number of nitrogens with one attached hydrogen (secondary N) is 1. The Hall–Kier alpha value is -2.02. The lowest BCUT2D eigenvalue weighted by Gasteiger charge is -2.14. The van der Waals surface area contributed by atoms with Crippen LogP contribution in [0.2, 0.25) is 0 Å². The highest BCUT2D eigenvalue weighted by molar-refractivity contribution is 5.76. The van der Waals surface area contributed by atoms with Gasteiger partial charge in [0.2, 0.25) is 0 Å². The predicted molar refractivity (Wildman–Crippen MR) is 82.6 cm³/mol. The van der Waals surface area contributed by atoms with Gasteiger partial charge in [-0.05, 0) is 26.2 Å². The van der Waals surface area contributed by atoms with Gasteiger partial charge < -0.3 is 15.3 Å². The zero-order chi connectivity index (χ0) is 15.7. The number of anilines is 2. The molecule has 2 N–H and O–H groups in total. The van der Waals surface area contributed by atoms with Gasteiger partial charge in [-0.2, -0.15) is 0 Å². The van der Waals surface area contributed by atoms with Crippen LogP contribution in [0.4, 0.5) is 11.5 Å². The lowest BCUT2D eigenvalue weighted by molar-refractivity contribution is 0.180. The number of rotatable bonds is 5. The van der Waals surface area contributed by atoms with Crippen molar-refractivity contribution in [1.82, 2.24) is 9.13 Å². The van der Waals surface area contributed by atoms with Crippen molar-refractivity contribution in [3.8, 4) is 0 Å². The second kappa shape index (κ2) is 5.77. The molecular formula is C14H22N4O3. The van der Waals surface area contributed by atoms with Crippen molar-refractivity contribution in [2.24, 2.45) is 7.05 Å². The van der Waals surface area contributed by atoms with Crippen molar-refractivity contribution >= 4 is 11.5 Å². The zero-order valence-corrected chi connectivity index (χ0v) is 12.7. The van der Waals surface area contributed by atoms with E-state index in [0.29, 0.717) is 36.7 Å². The molecule has 0 aliphatic carbocycles. The molecule has 1 aliphatic rings. The van der Waals surface area contributed by atoms with Crippen LogP contribution in [0.5, 0.6) is 0 Å². The third-order valence-corrected chi connectivity index (χ3v) is 3.78. The number of aliphatic hydroxyl groups excluding tert-OH is 1. The normalized spacial score (nSPS) is 15.0. The maximum atomic E-state index is 12.5. The van der Waals surface area contributed by atoms with Gasteiger partial charge in [0, 0.05) is 20.6 Å². The van der Waals surface area contributed by atoms with Gasteiger partial charge in [0.15, 0.2) is 5.69 Å². The molecule has 1 aliphatic heterocycles. The van der Waals surface area contributed by atoms with E-state index in [0.717, 1.165) is 6.42 Å². The quantitative estimate of drug-likeness (QED) is 0.770. The van der Waals surface area contributed by atoms with E-state index < -0.39 is 0 Å². The van der Waals surface area contributed by atoms with E-state index in [4.69, 9.17) is 0 Å². The first-order valence-corrected chi connectivity index (χ1v) is 7.06. The summed E-state index contributed by atoms with van der Waals surface area (Å²) in [5.74, 6) is 1.06. The lowest BCUT2D eigenvalue weighted by atomic mass is 10.2. The van der Waals surface area contributed by atoms with Crippen LogP contribution in [0.25, 0.3) is 0 Å². The van der Waals surface area contributed by atoms with Crippen LogP contribution in [0.1, 0.15) is 26.2 Å². The number of fused-ring (bicyclic) bond motifs is 1. The molecule has 0 amide bonds.